The van der Waals surface area contributed by atoms with Crippen molar-refractivity contribution in [2.75, 3.05) is 6.54 Å². The zero-order chi connectivity index (χ0) is 20.7. The molecule has 3 aromatic rings. The van der Waals surface area contributed by atoms with Crippen LogP contribution in [-0.4, -0.2) is 38.5 Å². The summed E-state index contributed by atoms with van der Waals surface area (Å²) in [5.74, 6) is -0.221. The van der Waals surface area contributed by atoms with Gasteiger partial charge >= 0.3 is 0 Å². The first-order valence-electron chi connectivity index (χ1n) is 9.39. The number of carbonyl (C=O) groups is 1. The van der Waals surface area contributed by atoms with Gasteiger partial charge in [-0.15, -0.1) is 11.3 Å². The molecule has 1 aromatic carbocycles. The molecule has 0 bridgehead atoms. The molecule has 0 spiro atoms. The molecule has 9 heteroatoms. The number of halogens is 1. The summed E-state index contributed by atoms with van der Waals surface area (Å²) in [6.45, 7) is 0.516. The number of H-pyrrole nitrogens is 1. The number of amides is 1. The highest BCUT2D eigenvalue weighted by Gasteiger charge is 2.37. The number of hydrogen-bond acceptors (Lipinski definition) is 6. The summed E-state index contributed by atoms with van der Waals surface area (Å²) >= 11 is 4.96. The maximum absolute atomic E-state index is 13.6. The molecule has 7 nitrogen and oxygen atoms in total. The molecule has 0 saturated carbocycles. The molecule has 30 heavy (non-hydrogen) atoms. The molecule has 0 saturated heterocycles. The normalized spacial score (nSPS) is 19.8. The predicted molar refractivity (Wildman–Crippen MR) is 121 cm³/mol. The molecule has 3 N–H and O–H groups in total. The van der Waals surface area contributed by atoms with E-state index in [0.29, 0.717) is 24.2 Å². The highest BCUT2D eigenvalue weighted by atomic mass is 79.9. The highest BCUT2D eigenvalue weighted by Crippen LogP contribution is 2.38. The van der Waals surface area contributed by atoms with E-state index in [2.05, 4.69) is 31.2 Å². The number of dihydropyridines is 1. The van der Waals surface area contributed by atoms with Gasteiger partial charge in [0.2, 0.25) is 0 Å². The molecule has 150 valence electrons. The summed E-state index contributed by atoms with van der Waals surface area (Å²) in [6.07, 6.45) is 8.84. The van der Waals surface area contributed by atoms with E-state index in [-0.39, 0.29) is 5.91 Å². The van der Waals surface area contributed by atoms with Crippen LogP contribution in [0.1, 0.15) is 22.4 Å². The van der Waals surface area contributed by atoms with Gasteiger partial charge in [0.05, 0.1) is 33.5 Å². The van der Waals surface area contributed by atoms with Crippen molar-refractivity contribution in [3.63, 3.8) is 0 Å². The maximum Gasteiger partial charge on any atom is 0.258 e. The molecular weight excluding hydrogens is 464 g/mol. The Morgan fingerprint density at radius 1 is 1.33 bits per heavy atom. The molecule has 0 radical (unpaired) electrons. The van der Waals surface area contributed by atoms with Crippen LogP contribution in [-0.2, 0) is 11.2 Å². The van der Waals surface area contributed by atoms with E-state index in [1.165, 1.54) is 0 Å². The average molecular weight is 481 g/mol. The van der Waals surface area contributed by atoms with Gasteiger partial charge in [-0.25, -0.2) is 9.97 Å². The minimum atomic E-state index is -0.393. The summed E-state index contributed by atoms with van der Waals surface area (Å²) in [4.78, 5) is 27.9. The van der Waals surface area contributed by atoms with Crippen molar-refractivity contribution in [2.45, 2.75) is 12.5 Å². The molecule has 2 aliphatic rings. The van der Waals surface area contributed by atoms with Crippen LogP contribution in [0.3, 0.4) is 0 Å². The Hall–Kier alpha value is -3.04. The minimum absolute atomic E-state index is 0.221. The molecule has 0 fully saturated rings. The van der Waals surface area contributed by atoms with Gasteiger partial charge in [0.25, 0.3) is 5.91 Å². The topological polar surface area (TPSA) is 97.8 Å². The van der Waals surface area contributed by atoms with Crippen molar-refractivity contribution in [3.05, 3.63) is 81.1 Å². The Morgan fingerprint density at radius 2 is 2.20 bits per heavy atom. The number of rotatable bonds is 3. The molecule has 4 heterocycles. The van der Waals surface area contributed by atoms with E-state index in [1.807, 2.05) is 30.3 Å². The first-order valence-corrected chi connectivity index (χ1v) is 11.0. The third-order valence-corrected chi connectivity index (χ3v) is 6.75. The van der Waals surface area contributed by atoms with Crippen molar-refractivity contribution >= 4 is 49.6 Å². The van der Waals surface area contributed by atoms with Crippen molar-refractivity contribution in [1.29, 1.82) is 5.41 Å². The highest BCUT2D eigenvalue weighted by molar-refractivity contribution is 9.11. The van der Waals surface area contributed by atoms with Crippen LogP contribution in [0.5, 0.6) is 0 Å². The summed E-state index contributed by atoms with van der Waals surface area (Å²) < 4.78 is 1.94. The minimum Gasteiger partial charge on any atom is -0.360 e. The van der Waals surface area contributed by atoms with Crippen LogP contribution in [0.2, 0.25) is 0 Å². The van der Waals surface area contributed by atoms with Crippen LogP contribution in [0.25, 0.3) is 10.2 Å². The average Bonchev–Trinajstić information content (AvgIpc) is 3.41. The van der Waals surface area contributed by atoms with Gasteiger partial charge in [-0.1, -0.05) is 12.1 Å². The molecule has 1 amide bonds. The number of allylic oxidation sites excluding steroid dienone is 3. The zero-order valence-electron chi connectivity index (χ0n) is 15.7. The summed E-state index contributed by atoms with van der Waals surface area (Å²) in [5, 5.41) is 11.8. The van der Waals surface area contributed by atoms with Gasteiger partial charge in [0.1, 0.15) is 11.0 Å². The summed E-state index contributed by atoms with van der Waals surface area (Å²) in [6, 6.07) is 7.55. The number of fused-ring (bicyclic) bond motifs is 2. The van der Waals surface area contributed by atoms with Crippen molar-refractivity contribution < 1.29 is 4.79 Å². The van der Waals surface area contributed by atoms with Crippen molar-refractivity contribution in [3.8, 4) is 0 Å². The van der Waals surface area contributed by atoms with E-state index < -0.39 is 6.04 Å². The second kappa shape index (κ2) is 7.66. The Bertz CT molecular complexity index is 1220. The number of carbonyl (C=O) groups excluding carboxylic acids is 1. The lowest BCUT2D eigenvalue weighted by atomic mass is 10.0. The first-order chi connectivity index (χ1) is 14.7. The quantitative estimate of drug-likeness (QED) is 0.392. The number of imidazole rings is 1. The van der Waals surface area contributed by atoms with E-state index >= 15 is 0 Å². The van der Waals surface area contributed by atoms with Crippen LogP contribution < -0.4 is 5.32 Å². The second-order valence-electron chi connectivity index (χ2n) is 6.92. The van der Waals surface area contributed by atoms with Gasteiger partial charge in [0, 0.05) is 35.6 Å². The Labute approximate surface area is 184 Å². The Balaban J connectivity index is 1.59. The molecule has 2 aromatic heterocycles. The van der Waals surface area contributed by atoms with E-state index in [9.17, 15) is 4.79 Å². The fourth-order valence-corrected chi connectivity index (χ4v) is 5.07. The van der Waals surface area contributed by atoms with Gasteiger partial charge in [-0.05, 0) is 40.2 Å². The number of thiazole rings is 1. The van der Waals surface area contributed by atoms with E-state index in [4.69, 9.17) is 10.4 Å². The smallest absolute Gasteiger partial charge is 0.258 e. The molecular formula is C21H17BrN6OS. The molecule has 5 rings (SSSR count). The van der Waals surface area contributed by atoms with Gasteiger partial charge in [0.15, 0.2) is 0 Å². The second-order valence-corrected chi connectivity index (χ2v) is 8.89. The fourth-order valence-electron chi connectivity index (χ4n) is 3.74. The van der Waals surface area contributed by atoms with E-state index in [0.717, 1.165) is 37.3 Å². The molecule has 0 unspecified atom stereocenters. The van der Waals surface area contributed by atoms with Crippen molar-refractivity contribution in [1.82, 2.24) is 25.2 Å². The fraction of sp³-hybridized carbons (Fsp3) is 0.143. The summed E-state index contributed by atoms with van der Waals surface area (Å²) in [7, 11) is 0. The van der Waals surface area contributed by atoms with Crippen LogP contribution >= 0.6 is 27.3 Å². The van der Waals surface area contributed by atoms with Gasteiger partial charge in [-0.2, -0.15) is 0 Å². The Kier molecular flexibility index (Phi) is 4.84. The lowest BCUT2D eigenvalue weighted by Crippen LogP contribution is -2.42. The van der Waals surface area contributed by atoms with Crippen molar-refractivity contribution in [2.24, 2.45) is 0 Å². The summed E-state index contributed by atoms with van der Waals surface area (Å²) in [5.41, 5.74) is 3.64. The molecule has 0 aliphatic carbocycles. The third-order valence-electron chi connectivity index (χ3n) is 5.17. The van der Waals surface area contributed by atoms with Gasteiger partial charge < -0.3 is 20.6 Å². The Morgan fingerprint density at radius 3 is 2.97 bits per heavy atom. The molecule has 1 atom stereocenters. The van der Waals surface area contributed by atoms with E-state index in [1.54, 1.807) is 34.8 Å². The van der Waals surface area contributed by atoms with Crippen LogP contribution in [0.4, 0.5) is 0 Å². The SMILES string of the molecule is N=C/C(C(=O)N1CCc2[nH]cnc2[C@H]1c1nc2ccccc2s1)=C1/C=CC(Br)=CN1. The largest absolute Gasteiger partial charge is 0.360 e. The number of para-hydroxylation sites is 1. The number of hydrogen-bond donors (Lipinski definition) is 3. The predicted octanol–water partition coefficient (Wildman–Crippen LogP) is 3.79. The maximum atomic E-state index is 13.6. The van der Waals surface area contributed by atoms with Gasteiger partial charge in [-0.3, -0.25) is 4.79 Å². The molecule has 2 aliphatic heterocycles. The number of aromatic nitrogens is 3. The zero-order valence-corrected chi connectivity index (χ0v) is 18.1. The van der Waals surface area contributed by atoms with Crippen LogP contribution in [0.15, 0.2) is 64.7 Å². The third kappa shape index (κ3) is 3.20. The lowest BCUT2D eigenvalue weighted by Gasteiger charge is -2.34. The van der Waals surface area contributed by atoms with Crippen LogP contribution in [0, 0.1) is 5.41 Å². The lowest BCUT2D eigenvalue weighted by molar-refractivity contribution is -0.128. The standard InChI is InChI=1S/C21H17BrN6OS/c22-12-5-6-14(24-10-12)13(9-23)21(29)28-8-7-16-18(26-11-25-16)19(28)20-27-15-3-1-2-4-17(15)30-20/h1-6,9-11,19,23-24H,7-8H2,(H,25,26)/b14-13+,23-9?/t19-/m0/s1. The monoisotopic (exact) mass is 480 g/mol. The first kappa shape index (κ1) is 19.0. The number of nitrogens with one attached hydrogen (secondary N) is 3. The number of benzene rings is 1. The number of nitrogens with zero attached hydrogens (tertiary/aromatic N) is 3. The number of aromatic amines is 1.